The molecule has 1 aliphatic carbocycles. The van der Waals surface area contributed by atoms with E-state index in [1.807, 2.05) is 6.92 Å². The first-order chi connectivity index (χ1) is 5.55. The number of nitrogens with zero attached hydrogens (tertiary/aromatic N) is 3. The second-order valence-electron chi connectivity index (χ2n) is 3.38. The summed E-state index contributed by atoms with van der Waals surface area (Å²) < 4.78 is 2.27. The van der Waals surface area contributed by atoms with Gasteiger partial charge in [-0.15, -0.1) is 5.10 Å². The van der Waals surface area contributed by atoms with Gasteiger partial charge in [-0.2, -0.15) is 0 Å². The van der Waals surface area contributed by atoms with Crippen molar-refractivity contribution in [1.82, 2.24) is 15.0 Å². The average Bonchev–Trinajstić information content (AvgIpc) is 2.38. The van der Waals surface area contributed by atoms with Crippen molar-refractivity contribution in [2.75, 3.05) is 0 Å². The predicted octanol–water partition coefficient (Wildman–Crippen LogP) is 0.805. The van der Waals surface area contributed by atoms with Crippen LogP contribution >= 0.6 is 15.9 Å². The fourth-order valence-corrected chi connectivity index (χ4v) is 2.20. The minimum Gasteiger partial charge on any atom is -0.383 e. The van der Waals surface area contributed by atoms with Gasteiger partial charge in [0, 0.05) is 7.05 Å². The third-order valence-corrected chi connectivity index (χ3v) is 3.00. The van der Waals surface area contributed by atoms with Gasteiger partial charge < -0.3 is 5.11 Å². The molecule has 1 heterocycles. The van der Waals surface area contributed by atoms with Crippen LogP contribution in [0.4, 0.5) is 0 Å². The zero-order valence-corrected chi connectivity index (χ0v) is 8.54. The van der Waals surface area contributed by atoms with Crippen molar-refractivity contribution < 1.29 is 5.11 Å². The molecular formula is C7H10BrN3O. The summed E-state index contributed by atoms with van der Waals surface area (Å²) in [6.07, 6.45) is 0.798. The Morgan fingerprint density at radius 3 is 2.67 bits per heavy atom. The van der Waals surface area contributed by atoms with Crippen LogP contribution in [0, 0.1) is 5.92 Å². The second-order valence-corrected chi connectivity index (χ2v) is 4.13. The zero-order chi connectivity index (χ0) is 8.93. The summed E-state index contributed by atoms with van der Waals surface area (Å²) in [5.41, 5.74) is 0.0897. The van der Waals surface area contributed by atoms with Crippen molar-refractivity contribution in [2.45, 2.75) is 18.9 Å². The highest BCUT2D eigenvalue weighted by Gasteiger charge is 2.54. The Balaban J connectivity index is 2.46. The molecule has 1 saturated carbocycles. The maximum Gasteiger partial charge on any atom is 0.154 e. The highest BCUT2D eigenvalue weighted by atomic mass is 79.9. The Morgan fingerprint density at radius 1 is 1.75 bits per heavy atom. The summed E-state index contributed by atoms with van der Waals surface area (Å²) in [7, 11) is 1.79. The van der Waals surface area contributed by atoms with E-state index in [0.717, 1.165) is 12.1 Å². The van der Waals surface area contributed by atoms with E-state index in [2.05, 4.69) is 26.2 Å². The molecule has 0 bridgehead atoms. The van der Waals surface area contributed by atoms with Crippen LogP contribution in [0.2, 0.25) is 0 Å². The second kappa shape index (κ2) is 2.29. The topological polar surface area (TPSA) is 50.9 Å². The molecule has 2 atom stereocenters. The van der Waals surface area contributed by atoms with Crippen LogP contribution < -0.4 is 0 Å². The third-order valence-electron chi connectivity index (χ3n) is 2.47. The third kappa shape index (κ3) is 0.927. The molecule has 12 heavy (non-hydrogen) atoms. The van der Waals surface area contributed by atoms with Gasteiger partial charge in [-0.05, 0) is 28.3 Å². The monoisotopic (exact) mass is 231 g/mol. The van der Waals surface area contributed by atoms with Crippen LogP contribution in [0.5, 0.6) is 0 Å². The number of aliphatic hydroxyl groups is 1. The standard InChI is InChI=1S/C7H10BrN3O/c1-4-3-7(4,12)5-6(8)9-10-11(5)2/h4,12H,3H2,1-2H3. The minimum absolute atomic E-state index is 0.311. The highest BCUT2D eigenvalue weighted by molar-refractivity contribution is 9.10. The summed E-state index contributed by atoms with van der Waals surface area (Å²) >= 11 is 3.27. The number of rotatable bonds is 1. The van der Waals surface area contributed by atoms with Crippen LogP contribution in [0.25, 0.3) is 0 Å². The first-order valence-corrected chi connectivity index (χ1v) is 4.63. The molecule has 0 radical (unpaired) electrons. The Bertz CT molecular complexity index is 305. The average molecular weight is 232 g/mol. The van der Waals surface area contributed by atoms with E-state index >= 15 is 0 Å². The Labute approximate surface area is 78.7 Å². The minimum atomic E-state index is -0.697. The van der Waals surface area contributed by atoms with Gasteiger partial charge in [-0.25, -0.2) is 4.68 Å². The molecule has 5 heteroatoms. The molecule has 1 N–H and O–H groups in total. The van der Waals surface area contributed by atoms with Crippen molar-refractivity contribution >= 4 is 15.9 Å². The van der Waals surface area contributed by atoms with Gasteiger partial charge in [0.1, 0.15) is 11.3 Å². The fourth-order valence-electron chi connectivity index (χ4n) is 1.53. The Kier molecular flexibility index (Phi) is 1.56. The SMILES string of the molecule is CC1CC1(O)c1c(Br)nnn1C. The van der Waals surface area contributed by atoms with E-state index in [1.54, 1.807) is 11.7 Å². The molecule has 0 aromatic carbocycles. The Hall–Kier alpha value is -0.420. The van der Waals surface area contributed by atoms with E-state index in [0.29, 0.717) is 10.5 Å². The van der Waals surface area contributed by atoms with Crippen molar-refractivity contribution in [3.05, 3.63) is 10.3 Å². The van der Waals surface area contributed by atoms with Gasteiger partial charge in [0.05, 0.1) is 0 Å². The summed E-state index contributed by atoms with van der Waals surface area (Å²) in [6, 6.07) is 0. The summed E-state index contributed by atoms with van der Waals surface area (Å²) in [5, 5.41) is 17.6. The summed E-state index contributed by atoms with van der Waals surface area (Å²) in [5.74, 6) is 0.311. The van der Waals surface area contributed by atoms with Crippen LogP contribution in [-0.2, 0) is 12.6 Å². The first kappa shape index (κ1) is 8.19. The quantitative estimate of drug-likeness (QED) is 0.779. The van der Waals surface area contributed by atoms with Gasteiger partial charge in [-0.3, -0.25) is 0 Å². The lowest BCUT2D eigenvalue weighted by molar-refractivity contribution is 0.124. The molecule has 2 unspecified atom stereocenters. The van der Waals surface area contributed by atoms with Crippen LogP contribution in [0.15, 0.2) is 4.60 Å². The van der Waals surface area contributed by atoms with Gasteiger partial charge in [-0.1, -0.05) is 12.1 Å². The lowest BCUT2D eigenvalue weighted by Gasteiger charge is -2.08. The summed E-state index contributed by atoms with van der Waals surface area (Å²) in [4.78, 5) is 0. The van der Waals surface area contributed by atoms with Gasteiger partial charge in [0.25, 0.3) is 0 Å². The molecule has 2 rings (SSSR count). The van der Waals surface area contributed by atoms with E-state index < -0.39 is 5.60 Å². The zero-order valence-electron chi connectivity index (χ0n) is 6.95. The number of halogens is 1. The summed E-state index contributed by atoms with van der Waals surface area (Å²) in [6.45, 7) is 2.01. The lowest BCUT2D eigenvalue weighted by atomic mass is 10.2. The van der Waals surface area contributed by atoms with E-state index in [9.17, 15) is 5.11 Å². The normalized spacial score (nSPS) is 33.8. The predicted molar refractivity (Wildman–Crippen MR) is 46.4 cm³/mol. The highest BCUT2D eigenvalue weighted by Crippen LogP contribution is 2.52. The molecule has 0 saturated heterocycles. The molecule has 66 valence electrons. The maximum atomic E-state index is 9.99. The largest absolute Gasteiger partial charge is 0.383 e. The number of hydrogen-bond acceptors (Lipinski definition) is 3. The van der Waals surface area contributed by atoms with Gasteiger partial charge in [0.2, 0.25) is 0 Å². The smallest absolute Gasteiger partial charge is 0.154 e. The lowest BCUT2D eigenvalue weighted by Crippen LogP contribution is -2.14. The van der Waals surface area contributed by atoms with Crippen molar-refractivity contribution in [3.63, 3.8) is 0 Å². The number of aromatic nitrogens is 3. The molecule has 1 aromatic heterocycles. The van der Waals surface area contributed by atoms with E-state index in [4.69, 9.17) is 0 Å². The van der Waals surface area contributed by atoms with Crippen molar-refractivity contribution in [1.29, 1.82) is 0 Å². The molecular weight excluding hydrogens is 222 g/mol. The van der Waals surface area contributed by atoms with Gasteiger partial charge in [0.15, 0.2) is 4.60 Å². The van der Waals surface area contributed by atoms with Crippen molar-refractivity contribution in [3.8, 4) is 0 Å². The molecule has 0 spiro atoms. The van der Waals surface area contributed by atoms with Gasteiger partial charge >= 0.3 is 0 Å². The molecule has 1 aliphatic rings. The Morgan fingerprint density at radius 2 is 2.33 bits per heavy atom. The van der Waals surface area contributed by atoms with Crippen molar-refractivity contribution in [2.24, 2.45) is 13.0 Å². The van der Waals surface area contributed by atoms with Crippen LogP contribution in [0.3, 0.4) is 0 Å². The maximum absolute atomic E-state index is 9.99. The first-order valence-electron chi connectivity index (χ1n) is 3.83. The molecule has 4 nitrogen and oxygen atoms in total. The number of hydrogen-bond donors (Lipinski definition) is 1. The molecule has 1 fully saturated rings. The van der Waals surface area contributed by atoms with Crippen LogP contribution in [-0.4, -0.2) is 20.1 Å². The number of aryl methyl sites for hydroxylation is 1. The fraction of sp³-hybridized carbons (Fsp3) is 0.714. The van der Waals surface area contributed by atoms with Crippen LogP contribution in [0.1, 0.15) is 19.0 Å². The van der Waals surface area contributed by atoms with E-state index in [1.165, 1.54) is 0 Å². The molecule has 0 amide bonds. The molecule has 1 aromatic rings. The molecule has 0 aliphatic heterocycles. The van der Waals surface area contributed by atoms with E-state index in [-0.39, 0.29) is 0 Å².